The van der Waals surface area contributed by atoms with Crippen molar-refractivity contribution in [3.8, 4) is 0 Å². The van der Waals surface area contributed by atoms with Crippen LogP contribution in [0.4, 0.5) is 0 Å². The normalized spacial score (nSPS) is 16.9. The first-order chi connectivity index (χ1) is 13.0. The van der Waals surface area contributed by atoms with Gasteiger partial charge in [0.15, 0.2) is 0 Å². The third-order valence-corrected chi connectivity index (χ3v) is 5.41. The number of unbranched alkanes of at least 4 members (excludes halogenated alkanes) is 1. The van der Waals surface area contributed by atoms with Crippen molar-refractivity contribution in [3.63, 3.8) is 0 Å². The number of hydrogen-bond acceptors (Lipinski definition) is 2. The van der Waals surface area contributed by atoms with Crippen molar-refractivity contribution in [2.45, 2.75) is 83.7 Å². The van der Waals surface area contributed by atoms with E-state index in [1.54, 1.807) is 0 Å². The zero-order valence-corrected chi connectivity index (χ0v) is 17.4. The molecule has 2 atom stereocenters. The van der Waals surface area contributed by atoms with Crippen LogP contribution in [0.2, 0.25) is 0 Å². The Morgan fingerprint density at radius 2 is 1.81 bits per heavy atom. The predicted octanol–water partition coefficient (Wildman–Crippen LogP) is 6.58. The van der Waals surface area contributed by atoms with Crippen LogP contribution in [-0.2, 0) is 6.42 Å². The highest BCUT2D eigenvalue weighted by molar-refractivity contribution is 5.32. The summed E-state index contributed by atoms with van der Waals surface area (Å²) in [7, 11) is 0. The Bertz CT molecular complexity index is 643. The largest absolute Gasteiger partial charge is 0.386 e. The molecule has 27 heavy (non-hydrogen) atoms. The molecule has 148 valence electrons. The lowest BCUT2D eigenvalue weighted by atomic mass is 9.87. The van der Waals surface area contributed by atoms with Gasteiger partial charge in [-0.25, -0.2) is 0 Å². The minimum atomic E-state index is 0.425. The fraction of sp³-hybridized carbons (Fsp3) is 0.520. The summed E-state index contributed by atoms with van der Waals surface area (Å²) in [6, 6.07) is 9.68. The van der Waals surface area contributed by atoms with E-state index in [0.29, 0.717) is 12.1 Å². The zero-order valence-electron chi connectivity index (χ0n) is 17.4. The minimum absolute atomic E-state index is 0.425. The summed E-state index contributed by atoms with van der Waals surface area (Å²) in [6.45, 7) is 16.8. The Balaban J connectivity index is 1.67. The lowest BCUT2D eigenvalue weighted by Gasteiger charge is -2.28. The van der Waals surface area contributed by atoms with Gasteiger partial charge in [-0.05, 0) is 82.8 Å². The lowest BCUT2D eigenvalue weighted by molar-refractivity contribution is 0.477. The van der Waals surface area contributed by atoms with Gasteiger partial charge in [0.05, 0.1) is 6.04 Å². The molecule has 0 bridgehead atoms. The molecule has 0 aliphatic heterocycles. The van der Waals surface area contributed by atoms with Gasteiger partial charge in [0.2, 0.25) is 0 Å². The molecule has 0 saturated heterocycles. The van der Waals surface area contributed by atoms with Crippen LogP contribution in [0.1, 0.15) is 82.4 Å². The van der Waals surface area contributed by atoms with Gasteiger partial charge in [-0.2, -0.15) is 0 Å². The standard InChI is InChI=1S/C25H38N2/c1-19(2)11-6-7-12-20(3)26-21(4)17-18-22(5)27-25-16-10-14-23-13-8-9-15-24(23)25/h8-9,13,15,21,25-27H,1,3,5-7,10-12,14,16-18H2,2,4H3/t21-,25-/m1/s1. The molecule has 0 heterocycles. The van der Waals surface area contributed by atoms with E-state index < -0.39 is 0 Å². The first-order valence-electron chi connectivity index (χ1n) is 10.6. The summed E-state index contributed by atoms with van der Waals surface area (Å²) >= 11 is 0. The summed E-state index contributed by atoms with van der Waals surface area (Å²) in [5, 5.41) is 7.24. The van der Waals surface area contributed by atoms with Crippen LogP contribution in [0.25, 0.3) is 0 Å². The van der Waals surface area contributed by atoms with Gasteiger partial charge in [0.25, 0.3) is 0 Å². The van der Waals surface area contributed by atoms with Crippen LogP contribution >= 0.6 is 0 Å². The SMILES string of the molecule is C=C(C)CCCCC(=C)N[C@H](C)CCC(=C)N[C@@H]1CCCc2ccccc21. The molecule has 0 aromatic heterocycles. The van der Waals surface area contributed by atoms with Crippen molar-refractivity contribution >= 4 is 0 Å². The van der Waals surface area contributed by atoms with Crippen LogP contribution in [0, 0.1) is 0 Å². The Morgan fingerprint density at radius 1 is 1.07 bits per heavy atom. The maximum Gasteiger partial charge on any atom is 0.0513 e. The molecule has 0 fully saturated rings. The van der Waals surface area contributed by atoms with Crippen molar-refractivity contribution in [1.29, 1.82) is 0 Å². The maximum atomic E-state index is 4.28. The number of nitrogens with one attached hydrogen (secondary N) is 2. The van der Waals surface area contributed by atoms with Crippen molar-refractivity contribution in [2.24, 2.45) is 0 Å². The van der Waals surface area contributed by atoms with Crippen LogP contribution in [0.3, 0.4) is 0 Å². The highest BCUT2D eigenvalue weighted by atomic mass is 14.9. The van der Waals surface area contributed by atoms with E-state index in [-0.39, 0.29) is 0 Å². The monoisotopic (exact) mass is 366 g/mol. The molecule has 0 saturated carbocycles. The average Bonchev–Trinajstić information content (AvgIpc) is 2.64. The quantitative estimate of drug-likeness (QED) is 0.323. The fourth-order valence-corrected chi connectivity index (χ4v) is 3.87. The topological polar surface area (TPSA) is 24.1 Å². The Labute approximate surface area is 166 Å². The van der Waals surface area contributed by atoms with Gasteiger partial charge in [-0.15, -0.1) is 6.58 Å². The first-order valence-corrected chi connectivity index (χ1v) is 10.6. The highest BCUT2D eigenvalue weighted by Gasteiger charge is 2.19. The number of benzene rings is 1. The molecular formula is C25H38N2. The van der Waals surface area contributed by atoms with Gasteiger partial charge < -0.3 is 10.6 Å². The number of allylic oxidation sites excluding steroid dienone is 3. The van der Waals surface area contributed by atoms with Gasteiger partial charge in [-0.3, -0.25) is 0 Å². The van der Waals surface area contributed by atoms with E-state index in [4.69, 9.17) is 0 Å². The van der Waals surface area contributed by atoms with E-state index in [2.05, 4.69) is 68.5 Å². The van der Waals surface area contributed by atoms with Crippen molar-refractivity contribution in [3.05, 3.63) is 72.1 Å². The molecule has 2 nitrogen and oxygen atoms in total. The van der Waals surface area contributed by atoms with E-state index in [1.165, 1.54) is 48.8 Å². The van der Waals surface area contributed by atoms with E-state index >= 15 is 0 Å². The molecular weight excluding hydrogens is 328 g/mol. The molecule has 0 spiro atoms. The Kier molecular flexibility index (Phi) is 8.71. The van der Waals surface area contributed by atoms with E-state index in [9.17, 15) is 0 Å². The van der Waals surface area contributed by atoms with Gasteiger partial charge in [-0.1, -0.05) is 43.0 Å². The number of aryl methyl sites for hydroxylation is 1. The van der Waals surface area contributed by atoms with E-state index in [0.717, 1.165) is 37.1 Å². The predicted molar refractivity (Wildman–Crippen MR) is 119 cm³/mol. The molecule has 1 aromatic rings. The second-order valence-corrected chi connectivity index (χ2v) is 8.24. The minimum Gasteiger partial charge on any atom is -0.386 e. The molecule has 0 radical (unpaired) electrons. The maximum absolute atomic E-state index is 4.28. The number of rotatable bonds is 12. The Morgan fingerprint density at radius 3 is 2.59 bits per heavy atom. The lowest BCUT2D eigenvalue weighted by Crippen LogP contribution is -2.27. The number of hydrogen-bond donors (Lipinski definition) is 2. The highest BCUT2D eigenvalue weighted by Crippen LogP contribution is 2.30. The van der Waals surface area contributed by atoms with Gasteiger partial charge >= 0.3 is 0 Å². The summed E-state index contributed by atoms with van der Waals surface area (Å²) < 4.78 is 0. The van der Waals surface area contributed by atoms with Crippen molar-refractivity contribution in [1.82, 2.24) is 10.6 Å². The summed E-state index contributed by atoms with van der Waals surface area (Å²) in [5.41, 5.74) is 6.53. The van der Waals surface area contributed by atoms with E-state index in [1.807, 2.05) is 0 Å². The summed E-state index contributed by atoms with van der Waals surface area (Å²) in [4.78, 5) is 0. The molecule has 0 amide bonds. The van der Waals surface area contributed by atoms with Crippen LogP contribution < -0.4 is 10.6 Å². The second kappa shape index (κ2) is 11.0. The average molecular weight is 367 g/mol. The molecule has 1 aliphatic carbocycles. The van der Waals surface area contributed by atoms with Crippen LogP contribution in [0.5, 0.6) is 0 Å². The molecule has 0 unspecified atom stereocenters. The summed E-state index contributed by atoms with van der Waals surface area (Å²) in [5.74, 6) is 0. The van der Waals surface area contributed by atoms with Gasteiger partial charge in [0.1, 0.15) is 0 Å². The van der Waals surface area contributed by atoms with Crippen molar-refractivity contribution < 1.29 is 0 Å². The molecule has 2 N–H and O–H groups in total. The van der Waals surface area contributed by atoms with Crippen LogP contribution in [0.15, 0.2) is 61.0 Å². The Hall–Kier alpha value is -1.96. The molecule has 2 rings (SSSR count). The summed E-state index contributed by atoms with van der Waals surface area (Å²) in [6.07, 6.45) is 10.3. The molecule has 1 aromatic carbocycles. The van der Waals surface area contributed by atoms with Gasteiger partial charge in [0, 0.05) is 17.4 Å². The molecule has 1 aliphatic rings. The number of fused-ring (bicyclic) bond motifs is 1. The smallest absolute Gasteiger partial charge is 0.0513 e. The third kappa shape index (κ3) is 7.66. The molecule has 2 heteroatoms. The third-order valence-electron chi connectivity index (χ3n) is 5.41. The second-order valence-electron chi connectivity index (χ2n) is 8.24. The van der Waals surface area contributed by atoms with Crippen molar-refractivity contribution in [2.75, 3.05) is 0 Å². The zero-order chi connectivity index (χ0) is 19.6. The van der Waals surface area contributed by atoms with Crippen LogP contribution in [-0.4, -0.2) is 6.04 Å². The first kappa shape index (κ1) is 21.3. The fourth-order valence-electron chi connectivity index (χ4n) is 3.87.